The molecule has 1 N–H and O–H groups in total. The minimum Gasteiger partial charge on any atom is -0.388 e. The Balaban J connectivity index is 1.93. The standard InChI is InChI=1S/C14H14OS/c15-14(11-7-8-16-9-11)13-6-5-10-3-1-2-4-12(10)13/h1-4,7-9,13-15H,5-6H2. The van der Waals surface area contributed by atoms with Gasteiger partial charge in [0.15, 0.2) is 0 Å². The third-order valence-corrected chi connectivity index (χ3v) is 4.15. The molecule has 1 aliphatic rings. The number of hydrogen-bond donors (Lipinski definition) is 1. The molecule has 1 heterocycles. The fraction of sp³-hybridized carbons (Fsp3) is 0.286. The Labute approximate surface area is 99.4 Å². The number of benzene rings is 1. The van der Waals surface area contributed by atoms with Crippen molar-refractivity contribution in [3.63, 3.8) is 0 Å². The van der Waals surface area contributed by atoms with Crippen molar-refractivity contribution in [1.29, 1.82) is 0 Å². The zero-order valence-corrected chi connectivity index (χ0v) is 9.78. The maximum atomic E-state index is 10.4. The van der Waals surface area contributed by atoms with Crippen molar-refractivity contribution in [3.05, 3.63) is 57.8 Å². The number of aryl methyl sites for hydroxylation is 1. The number of rotatable bonds is 2. The molecule has 0 saturated heterocycles. The molecular formula is C14H14OS. The lowest BCUT2D eigenvalue weighted by molar-refractivity contribution is 0.145. The average Bonchev–Trinajstić information content (AvgIpc) is 2.98. The second kappa shape index (κ2) is 4.04. The smallest absolute Gasteiger partial charge is 0.0866 e. The molecule has 0 saturated carbocycles. The summed E-state index contributed by atoms with van der Waals surface area (Å²) >= 11 is 1.65. The van der Waals surface area contributed by atoms with Crippen LogP contribution in [0.15, 0.2) is 41.1 Å². The molecule has 2 atom stereocenters. The average molecular weight is 230 g/mol. The van der Waals surface area contributed by atoms with Crippen molar-refractivity contribution in [3.8, 4) is 0 Å². The van der Waals surface area contributed by atoms with Crippen LogP contribution >= 0.6 is 11.3 Å². The van der Waals surface area contributed by atoms with Crippen LogP contribution in [-0.4, -0.2) is 5.11 Å². The van der Waals surface area contributed by atoms with E-state index in [-0.39, 0.29) is 12.0 Å². The molecule has 2 aromatic rings. The van der Waals surface area contributed by atoms with Gasteiger partial charge in [0.2, 0.25) is 0 Å². The van der Waals surface area contributed by atoms with E-state index in [4.69, 9.17) is 0 Å². The van der Waals surface area contributed by atoms with Crippen molar-refractivity contribution in [2.45, 2.75) is 24.9 Å². The molecule has 0 fully saturated rings. The van der Waals surface area contributed by atoms with Crippen molar-refractivity contribution in [2.75, 3.05) is 0 Å². The third kappa shape index (κ3) is 1.58. The van der Waals surface area contributed by atoms with E-state index < -0.39 is 0 Å². The molecular weight excluding hydrogens is 216 g/mol. The molecule has 3 rings (SSSR count). The molecule has 0 aliphatic heterocycles. The highest BCUT2D eigenvalue weighted by Gasteiger charge is 2.29. The third-order valence-electron chi connectivity index (χ3n) is 3.45. The van der Waals surface area contributed by atoms with Crippen LogP contribution in [-0.2, 0) is 6.42 Å². The Morgan fingerprint density at radius 1 is 1.25 bits per heavy atom. The zero-order valence-electron chi connectivity index (χ0n) is 8.97. The summed E-state index contributed by atoms with van der Waals surface area (Å²) in [4.78, 5) is 0. The first-order chi connectivity index (χ1) is 7.86. The first kappa shape index (κ1) is 10.1. The van der Waals surface area contributed by atoms with E-state index in [9.17, 15) is 5.11 Å². The van der Waals surface area contributed by atoms with E-state index in [1.807, 2.05) is 16.8 Å². The van der Waals surface area contributed by atoms with Crippen molar-refractivity contribution < 1.29 is 5.11 Å². The second-order valence-electron chi connectivity index (χ2n) is 4.35. The second-order valence-corrected chi connectivity index (χ2v) is 5.13. The molecule has 1 aromatic carbocycles. The van der Waals surface area contributed by atoms with Crippen LogP contribution in [0.4, 0.5) is 0 Å². The number of hydrogen-bond acceptors (Lipinski definition) is 2. The van der Waals surface area contributed by atoms with Gasteiger partial charge in [-0.2, -0.15) is 11.3 Å². The molecule has 82 valence electrons. The van der Waals surface area contributed by atoms with Crippen molar-refractivity contribution in [1.82, 2.24) is 0 Å². The summed E-state index contributed by atoms with van der Waals surface area (Å²) in [7, 11) is 0. The minimum absolute atomic E-state index is 0.283. The molecule has 16 heavy (non-hydrogen) atoms. The molecule has 1 nitrogen and oxygen atoms in total. The van der Waals surface area contributed by atoms with Gasteiger partial charge in [0.05, 0.1) is 6.10 Å². The number of fused-ring (bicyclic) bond motifs is 1. The molecule has 2 heteroatoms. The van der Waals surface area contributed by atoms with Crippen LogP contribution in [0.5, 0.6) is 0 Å². The molecule has 0 spiro atoms. The summed E-state index contributed by atoms with van der Waals surface area (Å²) in [6.07, 6.45) is 1.83. The highest BCUT2D eigenvalue weighted by molar-refractivity contribution is 7.07. The topological polar surface area (TPSA) is 20.2 Å². The van der Waals surface area contributed by atoms with Gasteiger partial charge in [0.25, 0.3) is 0 Å². The van der Waals surface area contributed by atoms with E-state index in [2.05, 4.69) is 24.3 Å². The molecule has 0 bridgehead atoms. The predicted molar refractivity (Wildman–Crippen MR) is 66.8 cm³/mol. The van der Waals surface area contributed by atoms with Crippen LogP contribution in [0.25, 0.3) is 0 Å². The van der Waals surface area contributed by atoms with Gasteiger partial charge < -0.3 is 5.11 Å². The maximum absolute atomic E-state index is 10.4. The first-order valence-electron chi connectivity index (χ1n) is 5.64. The summed E-state index contributed by atoms with van der Waals surface area (Å²) in [5, 5.41) is 14.4. The Kier molecular flexibility index (Phi) is 2.54. The minimum atomic E-state index is -0.338. The maximum Gasteiger partial charge on any atom is 0.0866 e. The van der Waals surface area contributed by atoms with Gasteiger partial charge in [-0.1, -0.05) is 24.3 Å². The molecule has 2 unspecified atom stereocenters. The summed E-state index contributed by atoms with van der Waals surface area (Å²) < 4.78 is 0. The zero-order chi connectivity index (χ0) is 11.0. The van der Waals surface area contributed by atoms with Crippen molar-refractivity contribution in [2.24, 2.45) is 0 Å². The quantitative estimate of drug-likeness (QED) is 0.837. The van der Waals surface area contributed by atoms with E-state index in [0.29, 0.717) is 0 Å². The SMILES string of the molecule is OC(c1ccsc1)C1CCc2ccccc21. The fourth-order valence-electron chi connectivity index (χ4n) is 2.59. The lowest BCUT2D eigenvalue weighted by Gasteiger charge is -2.18. The molecule has 0 radical (unpaired) electrons. The van der Waals surface area contributed by atoms with Gasteiger partial charge in [0.1, 0.15) is 0 Å². The summed E-state index contributed by atoms with van der Waals surface area (Å²) in [6, 6.07) is 10.5. The monoisotopic (exact) mass is 230 g/mol. The molecule has 1 aromatic heterocycles. The van der Waals surface area contributed by atoms with E-state index in [1.165, 1.54) is 11.1 Å². The van der Waals surface area contributed by atoms with E-state index >= 15 is 0 Å². The summed E-state index contributed by atoms with van der Waals surface area (Å²) in [5.41, 5.74) is 3.80. The van der Waals surface area contributed by atoms with Crippen molar-refractivity contribution >= 4 is 11.3 Å². The van der Waals surface area contributed by atoms with Crippen LogP contribution in [0.3, 0.4) is 0 Å². The normalized spacial score (nSPS) is 20.7. The Hall–Kier alpha value is -1.12. The van der Waals surface area contributed by atoms with Gasteiger partial charge in [-0.3, -0.25) is 0 Å². The summed E-state index contributed by atoms with van der Waals surface area (Å²) in [5.74, 6) is 0.283. The number of thiophene rings is 1. The lowest BCUT2D eigenvalue weighted by atomic mass is 9.92. The Morgan fingerprint density at radius 3 is 2.94 bits per heavy atom. The lowest BCUT2D eigenvalue weighted by Crippen LogP contribution is -2.06. The highest BCUT2D eigenvalue weighted by atomic mass is 32.1. The van der Waals surface area contributed by atoms with Gasteiger partial charge in [-0.15, -0.1) is 0 Å². The molecule has 1 aliphatic carbocycles. The Bertz CT molecular complexity index is 475. The van der Waals surface area contributed by atoms with E-state index in [0.717, 1.165) is 18.4 Å². The highest BCUT2D eigenvalue weighted by Crippen LogP contribution is 2.41. The summed E-state index contributed by atoms with van der Waals surface area (Å²) in [6.45, 7) is 0. The van der Waals surface area contributed by atoms with Gasteiger partial charge in [-0.25, -0.2) is 0 Å². The molecule has 0 amide bonds. The first-order valence-corrected chi connectivity index (χ1v) is 6.58. The van der Waals surface area contributed by atoms with Gasteiger partial charge >= 0.3 is 0 Å². The number of aliphatic hydroxyl groups excluding tert-OH is 1. The Morgan fingerprint density at radius 2 is 2.12 bits per heavy atom. The van der Waals surface area contributed by atoms with Crippen LogP contribution in [0, 0.1) is 0 Å². The largest absolute Gasteiger partial charge is 0.388 e. The fourth-order valence-corrected chi connectivity index (χ4v) is 3.28. The van der Waals surface area contributed by atoms with Crippen LogP contribution in [0.1, 0.15) is 35.1 Å². The van der Waals surface area contributed by atoms with E-state index in [1.54, 1.807) is 11.3 Å². The predicted octanol–water partition coefficient (Wildman–Crippen LogP) is 3.51. The van der Waals surface area contributed by atoms with Crippen LogP contribution in [0.2, 0.25) is 0 Å². The van der Waals surface area contributed by atoms with Gasteiger partial charge in [-0.05, 0) is 46.4 Å². The van der Waals surface area contributed by atoms with Gasteiger partial charge in [0, 0.05) is 5.92 Å². The van der Waals surface area contributed by atoms with Crippen LogP contribution < -0.4 is 0 Å². The number of aliphatic hydroxyl groups is 1.